The van der Waals surface area contributed by atoms with Crippen LogP contribution in [-0.2, 0) is 29.2 Å². The summed E-state index contributed by atoms with van der Waals surface area (Å²) < 4.78 is 13.9. The standard InChI is InChI=1S/C34H38BrN3O4/c1-3-42-20-10-19-37(34(40)29-14-8-15-30(35)22-29)26-33(39)38(23-27-11-5-4-6-12-27)25-31-16-9-18-36(31)24-28-13-7-17-32(21-28)41-2/h4-9,11-18,21-22H,3,10,19-20,23-26H2,1-2H3. The molecule has 0 saturated heterocycles. The van der Waals surface area contributed by atoms with E-state index in [0.717, 1.165) is 27.0 Å². The van der Waals surface area contributed by atoms with Gasteiger partial charge in [-0.25, -0.2) is 0 Å². The van der Waals surface area contributed by atoms with Gasteiger partial charge in [0.15, 0.2) is 0 Å². The molecular formula is C34H38BrN3O4. The molecule has 4 aromatic rings. The maximum atomic E-state index is 14.0. The number of carbonyl (C=O) groups is 2. The first-order chi connectivity index (χ1) is 20.5. The molecule has 4 rings (SSSR count). The Morgan fingerprint density at radius 3 is 2.40 bits per heavy atom. The van der Waals surface area contributed by atoms with Crippen LogP contribution in [0, 0.1) is 0 Å². The minimum absolute atomic E-state index is 0.0269. The summed E-state index contributed by atoms with van der Waals surface area (Å²) in [5.41, 5.74) is 3.67. The highest BCUT2D eigenvalue weighted by Crippen LogP contribution is 2.18. The second-order valence-corrected chi connectivity index (χ2v) is 10.9. The summed E-state index contributed by atoms with van der Waals surface area (Å²) in [6, 6.07) is 29.2. The Bertz CT molecular complexity index is 1440. The quantitative estimate of drug-likeness (QED) is 0.142. The van der Waals surface area contributed by atoms with E-state index in [1.54, 1.807) is 24.1 Å². The average Bonchev–Trinajstić information content (AvgIpc) is 3.44. The van der Waals surface area contributed by atoms with Crippen LogP contribution < -0.4 is 4.74 Å². The summed E-state index contributed by atoms with van der Waals surface area (Å²) in [7, 11) is 1.66. The van der Waals surface area contributed by atoms with E-state index in [1.807, 2.05) is 90.8 Å². The van der Waals surface area contributed by atoms with Gasteiger partial charge >= 0.3 is 0 Å². The summed E-state index contributed by atoms with van der Waals surface area (Å²) >= 11 is 3.46. The van der Waals surface area contributed by atoms with Gasteiger partial charge in [0, 0.05) is 54.8 Å². The highest BCUT2D eigenvalue weighted by atomic mass is 79.9. The van der Waals surface area contributed by atoms with E-state index in [1.165, 1.54) is 0 Å². The van der Waals surface area contributed by atoms with E-state index < -0.39 is 0 Å². The van der Waals surface area contributed by atoms with Gasteiger partial charge in [-0.1, -0.05) is 64.5 Å². The van der Waals surface area contributed by atoms with Crippen molar-refractivity contribution in [2.45, 2.75) is 33.0 Å². The number of hydrogen-bond donors (Lipinski definition) is 0. The molecule has 0 radical (unpaired) electrons. The number of methoxy groups -OCH3 is 1. The molecule has 0 unspecified atom stereocenters. The summed E-state index contributed by atoms with van der Waals surface area (Å²) in [6.45, 7) is 4.96. The molecule has 0 N–H and O–H groups in total. The highest BCUT2D eigenvalue weighted by Gasteiger charge is 2.23. The number of aromatic nitrogens is 1. The van der Waals surface area contributed by atoms with Crippen LogP contribution in [0.4, 0.5) is 0 Å². The van der Waals surface area contributed by atoms with Gasteiger partial charge in [0.2, 0.25) is 5.91 Å². The zero-order valence-corrected chi connectivity index (χ0v) is 25.8. The predicted molar refractivity (Wildman–Crippen MR) is 168 cm³/mol. The van der Waals surface area contributed by atoms with E-state index in [-0.39, 0.29) is 18.4 Å². The van der Waals surface area contributed by atoms with Crippen molar-refractivity contribution in [1.29, 1.82) is 0 Å². The topological polar surface area (TPSA) is 64.0 Å². The number of ether oxygens (including phenoxy) is 2. The van der Waals surface area contributed by atoms with Gasteiger partial charge in [-0.05, 0) is 66.9 Å². The van der Waals surface area contributed by atoms with E-state index >= 15 is 0 Å². The summed E-state index contributed by atoms with van der Waals surface area (Å²) in [5.74, 6) is 0.511. The number of nitrogens with zero attached hydrogens (tertiary/aromatic N) is 3. The maximum absolute atomic E-state index is 14.0. The van der Waals surface area contributed by atoms with Gasteiger partial charge in [-0.15, -0.1) is 0 Å². The first kappa shape index (κ1) is 31.1. The van der Waals surface area contributed by atoms with Crippen LogP contribution >= 0.6 is 15.9 Å². The van der Waals surface area contributed by atoms with E-state index in [9.17, 15) is 9.59 Å². The fraction of sp³-hybridized carbons (Fsp3) is 0.294. The lowest BCUT2D eigenvalue weighted by molar-refractivity contribution is -0.133. The number of carbonyl (C=O) groups excluding carboxylic acids is 2. The molecule has 3 aromatic carbocycles. The zero-order valence-electron chi connectivity index (χ0n) is 24.2. The Morgan fingerprint density at radius 2 is 1.64 bits per heavy atom. The van der Waals surface area contributed by atoms with Crippen molar-refractivity contribution in [2.24, 2.45) is 0 Å². The van der Waals surface area contributed by atoms with E-state index in [2.05, 4.69) is 26.6 Å². The van der Waals surface area contributed by atoms with Crippen molar-refractivity contribution in [3.8, 4) is 5.75 Å². The molecule has 2 amide bonds. The van der Waals surface area contributed by atoms with Crippen molar-refractivity contribution in [3.05, 3.63) is 124 Å². The van der Waals surface area contributed by atoms with Crippen LogP contribution in [0.2, 0.25) is 0 Å². The van der Waals surface area contributed by atoms with Gasteiger partial charge < -0.3 is 23.8 Å². The SMILES string of the molecule is CCOCCCN(CC(=O)N(Cc1ccccc1)Cc1cccn1Cc1cccc(OC)c1)C(=O)c1cccc(Br)c1. The van der Waals surface area contributed by atoms with Gasteiger partial charge in [-0.3, -0.25) is 9.59 Å². The van der Waals surface area contributed by atoms with Gasteiger partial charge in [-0.2, -0.15) is 0 Å². The number of benzene rings is 3. The third-order valence-corrected chi connectivity index (χ3v) is 7.43. The van der Waals surface area contributed by atoms with Crippen LogP contribution in [0.25, 0.3) is 0 Å². The Balaban J connectivity index is 1.56. The van der Waals surface area contributed by atoms with Crippen LogP contribution in [0.5, 0.6) is 5.75 Å². The largest absolute Gasteiger partial charge is 0.497 e. The molecule has 8 heteroatoms. The second-order valence-electron chi connectivity index (χ2n) is 10.0. The predicted octanol–water partition coefficient (Wildman–Crippen LogP) is 6.41. The van der Waals surface area contributed by atoms with Gasteiger partial charge in [0.05, 0.1) is 13.7 Å². The Hall–Kier alpha value is -3.88. The van der Waals surface area contributed by atoms with Gasteiger partial charge in [0.1, 0.15) is 12.3 Å². The van der Waals surface area contributed by atoms with Crippen molar-refractivity contribution < 1.29 is 19.1 Å². The Kier molecular flexibility index (Phi) is 11.8. The maximum Gasteiger partial charge on any atom is 0.254 e. The van der Waals surface area contributed by atoms with Crippen molar-refractivity contribution in [2.75, 3.05) is 33.4 Å². The lowest BCUT2D eigenvalue weighted by Gasteiger charge is -2.28. The molecule has 0 saturated carbocycles. The highest BCUT2D eigenvalue weighted by molar-refractivity contribution is 9.10. The second kappa shape index (κ2) is 15.9. The first-order valence-corrected chi connectivity index (χ1v) is 15.0. The Morgan fingerprint density at radius 1 is 0.857 bits per heavy atom. The molecule has 1 aromatic heterocycles. The average molecular weight is 633 g/mol. The molecule has 0 aliphatic carbocycles. The summed E-state index contributed by atoms with van der Waals surface area (Å²) in [4.78, 5) is 31.0. The molecule has 0 bridgehead atoms. The monoisotopic (exact) mass is 631 g/mol. The van der Waals surface area contributed by atoms with Crippen molar-refractivity contribution in [3.63, 3.8) is 0 Å². The van der Waals surface area contributed by atoms with Crippen LogP contribution in [-0.4, -0.2) is 59.6 Å². The summed E-state index contributed by atoms with van der Waals surface area (Å²) in [5, 5.41) is 0. The third-order valence-electron chi connectivity index (χ3n) is 6.94. The molecule has 42 heavy (non-hydrogen) atoms. The number of hydrogen-bond acceptors (Lipinski definition) is 4. The third kappa shape index (κ3) is 9.06. The van der Waals surface area contributed by atoms with Crippen molar-refractivity contribution >= 4 is 27.7 Å². The minimum Gasteiger partial charge on any atom is -0.497 e. The van der Waals surface area contributed by atoms with Crippen LogP contribution in [0.1, 0.15) is 40.5 Å². The normalized spacial score (nSPS) is 10.8. The minimum atomic E-state index is -0.179. The zero-order chi connectivity index (χ0) is 29.7. The number of halogens is 1. The smallest absolute Gasteiger partial charge is 0.254 e. The fourth-order valence-electron chi connectivity index (χ4n) is 4.77. The van der Waals surface area contributed by atoms with Crippen molar-refractivity contribution in [1.82, 2.24) is 14.4 Å². The van der Waals surface area contributed by atoms with E-state index in [0.29, 0.717) is 51.4 Å². The van der Waals surface area contributed by atoms with E-state index in [4.69, 9.17) is 9.47 Å². The molecule has 0 fully saturated rings. The lowest BCUT2D eigenvalue weighted by Crippen LogP contribution is -2.43. The van der Waals surface area contributed by atoms with Crippen LogP contribution in [0.15, 0.2) is 102 Å². The van der Waals surface area contributed by atoms with Crippen LogP contribution in [0.3, 0.4) is 0 Å². The van der Waals surface area contributed by atoms with Gasteiger partial charge in [0.25, 0.3) is 5.91 Å². The molecule has 1 heterocycles. The molecule has 0 atom stereocenters. The molecule has 220 valence electrons. The molecular weight excluding hydrogens is 594 g/mol. The molecule has 0 aliphatic rings. The number of amides is 2. The first-order valence-electron chi connectivity index (χ1n) is 14.2. The molecule has 0 spiro atoms. The molecule has 0 aliphatic heterocycles. The number of rotatable bonds is 15. The lowest BCUT2D eigenvalue weighted by atomic mass is 10.1. The Labute approximate surface area is 256 Å². The summed E-state index contributed by atoms with van der Waals surface area (Å²) in [6.07, 6.45) is 2.67. The fourth-order valence-corrected chi connectivity index (χ4v) is 5.17. The molecule has 7 nitrogen and oxygen atoms in total.